The zero-order chi connectivity index (χ0) is 10.2. The maximum absolute atomic E-state index is 3.83. The van der Waals surface area contributed by atoms with Crippen LogP contribution in [0.15, 0.2) is 59.7 Å². The van der Waals surface area contributed by atoms with Gasteiger partial charge in [0.25, 0.3) is 0 Å². The van der Waals surface area contributed by atoms with Crippen LogP contribution in [0, 0.1) is 0 Å². The molecular formula is C13H17P. The molecule has 0 aromatic carbocycles. The van der Waals surface area contributed by atoms with Crippen molar-refractivity contribution in [2.24, 2.45) is 0 Å². The molecule has 1 atom stereocenters. The maximum Gasteiger partial charge on any atom is -0.0232 e. The van der Waals surface area contributed by atoms with Crippen molar-refractivity contribution in [2.45, 2.75) is 19.8 Å². The van der Waals surface area contributed by atoms with Crippen LogP contribution in [0.2, 0.25) is 0 Å². The molecule has 0 fully saturated rings. The van der Waals surface area contributed by atoms with E-state index in [2.05, 4.69) is 37.0 Å². The molecule has 0 heterocycles. The van der Waals surface area contributed by atoms with Crippen LogP contribution in [-0.2, 0) is 0 Å². The molecule has 0 amide bonds. The smallest absolute Gasteiger partial charge is 0.0232 e. The Hall–Kier alpha value is -0.870. The lowest BCUT2D eigenvalue weighted by Crippen LogP contribution is -1.78. The third-order valence-electron chi connectivity index (χ3n) is 1.97. The number of hydrogen-bond donors (Lipinski definition) is 0. The van der Waals surface area contributed by atoms with Crippen molar-refractivity contribution in [3.63, 3.8) is 0 Å². The summed E-state index contributed by atoms with van der Waals surface area (Å²) in [5.41, 5.74) is 0. The van der Waals surface area contributed by atoms with Gasteiger partial charge in [0.1, 0.15) is 0 Å². The standard InChI is InChI=1S/C13H17P/c1-3-5-9-12(4-2)14-13-10-7-6-8-11-13/h3-5,7,9-11,14H,2,6,8H2,1H3/b5-3-,12-9+. The van der Waals surface area contributed by atoms with Gasteiger partial charge in [0, 0.05) is 0 Å². The van der Waals surface area contributed by atoms with Gasteiger partial charge in [-0.1, -0.05) is 57.7 Å². The molecule has 0 N–H and O–H groups in total. The molecule has 0 radical (unpaired) electrons. The van der Waals surface area contributed by atoms with Gasteiger partial charge in [-0.2, -0.15) is 0 Å². The monoisotopic (exact) mass is 204 g/mol. The summed E-state index contributed by atoms with van der Waals surface area (Å²) < 4.78 is 0. The van der Waals surface area contributed by atoms with E-state index in [1.165, 1.54) is 23.5 Å². The van der Waals surface area contributed by atoms with Crippen molar-refractivity contribution in [3.05, 3.63) is 59.7 Å². The van der Waals surface area contributed by atoms with E-state index in [-0.39, 0.29) is 0 Å². The average Bonchev–Trinajstić information content (AvgIpc) is 2.25. The van der Waals surface area contributed by atoms with Crippen LogP contribution in [0.1, 0.15) is 19.8 Å². The molecule has 74 valence electrons. The highest BCUT2D eigenvalue weighted by molar-refractivity contribution is 7.48. The van der Waals surface area contributed by atoms with Gasteiger partial charge >= 0.3 is 0 Å². The lowest BCUT2D eigenvalue weighted by Gasteiger charge is -2.06. The van der Waals surface area contributed by atoms with Gasteiger partial charge < -0.3 is 0 Å². The summed E-state index contributed by atoms with van der Waals surface area (Å²) in [5, 5.41) is 2.74. The highest BCUT2D eigenvalue weighted by atomic mass is 31.1. The fourth-order valence-electron chi connectivity index (χ4n) is 1.23. The molecule has 0 nitrogen and oxygen atoms in total. The highest BCUT2D eigenvalue weighted by Crippen LogP contribution is 2.36. The molecule has 0 spiro atoms. The normalized spacial score (nSPS) is 18.1. The van der Waals surface area contributed by atoms with Crippen LogP contribution in [0.5, 0.6) is 0 Å². The predicted octanol–water partition coefficient (Wildman–Crippen LogP) is 4.54. The minimum atomic E-state index is 0.749. The molecule has 1 unspecified atom stereocenters. The van der Waals surface area contributed by atoms with Crippen molar-refractivity contribution >= 4 is 8.58 Å². The summed E-state index contributed by atoms with van der Waals surface area (Å²) >= 11 is 0. The summed E-state index contributed by atoms with van der Waals surface area (Å²) in [7, 11) is 0.749. The van der Waals surface area contributed by atoms with Crippen molar-refractivity contribution in [1.82, 2.24) is 0 Å². The molecular weight excluding hydrogens is 187 g/mol. The molecule has 1 aliphatic rings. The lowest BCUT2D eigenvalue weighted by molar-refractivity contribution is 1.03. The van der Waals surface area contributed by atoms with Crippen LogP contribution >= 0.6 is 8.58 Å². The Labute approximate surface area is 88.6 Å². The van der Waals surface area contributed by atoms with Gasteiger partial charge in [-0.15, -0.1) is 0 Å². The highest BCUT2D eigenvalue weighted by Gasteiger charge is 1.98. The molecule has 14 heavy (non-hydrogen) atoms. The van der Waals surface area contributed by atoms with E-state index in [9.17, 15) is 0 Å². The van der Waals surface area contributed by atoms with Crippen LogP contribution in [-0.4, -0.2) is 0 Å². The van der Waals surface area contributed by atoms with Crippen LogP contribution in [0.3, 0.4) is 0 Å². The first-order valence-corrected chi connectivity index (χ1v) is 5.96. The minimum absolute atomic E-state index is 0.749. The fourth-order valence-corrected chi connectivity index (χ4v) is 2.30. The Morgan fingerprint density at radius 2 is 2.36 bits per heavy atom. The lowest BCUT2D eigenvalue weighted by atomic mass is 10.2. The molecule has 1 heteroatoms. The van der Waals surface area contributed by atoms with Crippen molar-refractivity contribution < 1.29 is 0 Å². The van der Waals surface area contributed by atoms with E-state index in [0.29, 0.717) is 0 Å². The summed E-state index contributed by atoms with van der Waals surface area (Å²) in [6.07, 6.45) is 17.4. The van der Waals surface area contributed by atoms with Gasteiger partial charge in [-0.05, 0) is 30.4 Å². The molecule has 1 aliphatic carbocycles. The molecule has 0 saturated heterocycles. The van der Waals surface area contributed by atoms with Crippen LogP contribution in [0.25, 0.3) is 0 Å². The van der Waals surface area contributed by atoms with Crippen LogP contribution < -0.4 is 0 Å². The number of rotatable bonds is 4. The SMILES string of the molecule is C=C/C(=C\C=C/C)PC1=CCCC=C1. The second-order valence-electron chi connectivity index (χ2n) is 3.12. The summed E-state index contributed by atoms with van der Waals surface area (Å²) in [6, 6.07) is 0. The summed E-state index contributed by atoms with van der Waals surface area (Å²) in [6.45, 7) is 5.86. The minimum Gasteiger partial charge on any atom is -0.0984 e. The topological polar surface area (TPSA) is 0 Å². The van der Waals surface area contributed by atoms with Crippen molar-refractivity contribution in [3.8, 4) is 0 Å². The van der Waals surface area contributed by atoms with Gasteiger partial charge in [-0.3, -0.25) is 0 Å². The summed E-state index contributed by atoms with van der Waals surface area (Å²) in [5.74, 6) is 0. The Kier molecular flexibility index (Phi) is 5.25. The van der Waals surface area contributed by atoms with E-state index in [4.69, 9.17) is 0 Å². The first-order valence-electron chi connectivity index (χ1n) is 4.96. The third kappa shape index (κ3) is 3.89. The first-order chi connectivity index (χ1) is 6.86. The van der Waals surface area contributed by atoms with Gasteiger partial charge in [0.05, 0.1) is 0 Å². The Balaban J connectivity index is 2.60. The summed E-state index contributed by atoms with van der Waals surface area (Å²) in [4.78, 5) is 0. The molecule has 0 aromatic rings. The van der Waals surface area contributed by atoms with Crippen molar-refractivity contribution in [1.29, 1.82) is 0 Å². The molecule has 0 aromatic heterocycles. The van der Waals surface area contributed by atoms with Gasteiger partial charge in [0.2, 0.25) is 0 Å². The molecule has 1 rings (SSSR count). The average molecular weight is 204 g/mol. The fraction of sp³-hybridized carbons (Fsp3) is 0.231. The predicted molar refractivity (Wildman–Crippen MR) is 67.9 cm³/mol. The Morgan fingerprint density at radius 1 is 1.50 bits per heavy atom. The first kappa shape index (κ1) is 11.2. The largest absolute Gasteiger partial charge is 0.0984 e. The molecule has 0 saturated carbocycles. The molecule has 0 aliphatic heterocycles. The third-order valence-corrected chi connectivity index (χ3v) is 3.29. The zero-order valence-corrected chi connectivity index (χ0v) is 9.66. The van der Waals surface area contributed by atoms with E-state index in [0.717, 1.165) is 8.58 Å². The second kappa shape index (κ2) is 6.56. The van der Waals surface area contributed by atoms with Crippen LogP contribution in [0.4, 0.5) is 0 Å². The Morgan fingerprint density at radius 3 is 2.93 bits per heavy atom. The quantitative estimate of drug-likeness (QED) is 0.465. The van der Waals surface area contributed by atoms with Gasteiger partial charge in [-0.25, -0.2) is 0 Å². The molecule has 0 bridgehead atoms. The number of allylic oxidation sites excluding steroid dienone is 9. The number of hydrogen-bond acceptors (Lipinski definition) is 0. The van der Waals surface area contributed by atoms with Crippen molar-refractivity contribution in [2.75, 3.05) is 0 Å². The second-order valence-corrected chi connectivity index (χ2v) is 4.52. The maximum atomic E-state index is 3.83. The van der Waals surface area contributed by atoms with E-state index < -0.39 is 0 Å². The zero-order valence-electron chi connectivity index (χ0n) is 8.66. The Bertz CT molecular complexity index is 303. The van der Waals surface area contributed by atoms with E-state index >= 15 is 0 Å². The van der Waals surface area contributed by atoms with E-state index in [1.807, 2.05) is 19.1 Å². The van der Waals surface area contributed by atoms with E-state index in [1.54, 1.807) is 0 Å². The van der Waals surface area contributed by atoms with Gasteiger partial charge in [0.15, 0.2) is 0 Å².